The fourth-order valence-electron chi connectivity index (χ4n) is 1.51. The van der Waals surface area contributed by atoms with Crippen LogP contribution in [-0.2, 0) is 0 Å². The minimum absolute atomic E-state index is 0.386. The summed E-state index contributed by atoms with van der Waals surface area (Å²) in [5.74, 6) is 0. The van der Waals surface area contributed by atoms with Crippen molar-refractivity contribution in [1.29, 1.82) is 0 Å². The van der Waals surface area contributed by atoms with Crippen LogP contribution in [0.25, 0.3) is 16.4 Å². The van der Waals surface area contributed by atoms with Crippen LogP contribution in [0.4, 0.5) is 0 Å². The van der Waals surface area contributed by atoms with Crippen LogP contribution >= 0.6 is 0 Å². The fraction of sp³-hybridized carbons (Fsp3) is 0. The van der Waals surface area contributed by atoms with E-state index in [-0.39, 0.29) is 5.63 Å². The molecular formula is C9H6N3O2+. The molecule has 0 unspecified atom stereocenters. The number of H-pyrrole nitrogens is 1. The molecule has 0 radical (unpaired) electrons. The Balaban J connectivity index is 2.72. The average Bonchev–Trinajstić information content (AvgIpc) is 2.61. The second kappa shape index (κ2) is 2.41. The van der Waals surface area contributed by atoms with Gasteiger partial charge in [0.05, 0.1) is 5.39 Å². The van der Waals surface area contributed by atoms with Crippen molar-refractivity contribution in [2.24, 2.45) is 0 Å². The predicted octanol–water partition coefficient (Wildman–Crippen LogP) is 0.255. The maximum atomic E-state index is 11.3. The largest absolute Gasteiger partial charge is 0.409 e. The Kier molecular flexibility index (Phi) is 1.25. The van der Waals surface area contributed by atoms with E-state index in [1.807, 2.05) is 24.3 Å². The summed E-state index contributed by atoms with van der Waals surface area (Å²) in [5, 5.41) is 3.23. The van der Waals surface area contributed by atoms with Gasteiger partial charge in [-0.2, -0.15) is 0 Å². The first-order chi connectivity index (χ1) is 6.86. The van der Waals surface area contributed by atoms with Gasteiger partial charge in [-0.1, -0.05) is 21.9 Å². The Morgan fingerprint density at radius 3 is 3.14 bits per heavy atom. The number of nitrogens with zero attached hydrogens (tertiary/aromatic N) is 2. The number of benzene rings is 1. The Morgan fingerprint density at radius 1 is 1.36 bits per heavy atom. The average molecular weight is 188 g/mol. The molecule has 1 N–H and O–H groups in total. The molecule has 0 fully saturated rings. The van der Waals surface area contributed by atoms with Gasteiger partial charge in [-0.05, 0) is 17.1 Å². The first kappa shape index (κ1) is 7.25. The molecule has 5 heteroatoms. The van der Waals surface area contributed by atoms with E-state index in [9.17, 15) is 4.79 Å². The van der Waals surface area contributed by atoms with Crippen LogP contribution in [0, 0.1) is 0 Å². The minimum atomic E-state index is -0.386. The van der Waals surface area contributed by atoms with E-state index >= 15 is 0 Å². The van der Waals surface area contributed by atoms with E-state index in [2.05, 4.69) is 14.8 Å². The lowest BCUT2D eigenvalue weighted by molar-refractivity contribution is -0.597. The molecular weight excluding hydrogens is 182 g/mol. The number of nitrogens with one attached hydrogen (secondary N) is 1. The molecule has 3 rings (SSSR count). The van der Waals surface area contributed by atoms with E-state index in [0.29, 0.717) is 5.52 Å². The molecule has 0 saturated heterocycles. The second-order valence-corrected chi connectivity index (χ2v) is 2.96. The van der Waals surface area contributed by atoms with Crippen LogP contribution in [0.1, 0.15) is 0 Å². The molecule has 0 saturated carbocycles. The zero-order valence-corrected chi connectivity index (χ0v) is 7.10. The molecule has 2 heterocycles. The van der Waals surface area contributed by atoms with Gasteiger partial charge in [0, 0.05) is 0 Å². The van der Waals surface area contributed by atoms with Crippen LogP contribution < -0.4 is 10.1 Å². The molecule has 3 aromatic rings. The van der Waals surface area contributed by atoms with E-state index < -0.39 is 0 Å². The maximum Gasteiger partial charge on any atom is 0.409 e. The van der Waals surface area contributed by atoms with Crippen LogP contribution in [0.15, 0.2) is 39.9 Å². The SMILES string of the molecule is O=c1o[nH][n+]2cnc3ccccc3c12. The molecule has 0 amide bonds. The van der Waals surface area contributed by atoms with Crippen LogP contribution in [0.3, 0.4) is 0 Å². The number of aromatic nitrogens is 3. The van der Waals surface area contributed by atoms with Gasteiger partial charge in [0.2, 0.25) is 0 Å². The monoisotopic (exact) mass is 188 g/mol. The highest BCUT2D eigenvalue weighted by atomic mass is 16.5. The molecule has 0 aliphatic carbocycles. The third kappa shape index (κ3) is 0.806. The van der Waals surface area contributed by atoms with E-state index in [1.165, 1.54) is 10.8 Å². The zero-order chi connectivity index (χ0) is 9.54. The van der Waals surface area contributed by atoms with E-state index in [4.69, 9.17) is 0 Å². The summed E-state index contributed by atoms with van der Waals surface area (Å²) < 4.78 is 6.13. The van der Waals surface area contributed by atoms with Gasteiger partial charge < -0.3 is 4.52 Å². The summed E-state index contributed by atoms with van der Waals surface area (Å²) in [6.45, 7) is 0. The van der Waals surface area contributed by atoms with Crippen LogP contribution in [0.5, 0.6) is 0 Å². The molecule has 0 spiro atoms. The standard InChI is InChI=1S/C9H5N3O2/c13-9-8-6-3-1-2-4-7(6)10-5-12(8)11-14-9/h1-5H/p+1. The fourth-order valence-corrected chi connectivity index (χ4v) is 1.51. The number of aromatic amines is 1. The Labute approximate surface area is 77.6 Å². The van der Waals surface area contributed by atoms with Crippen molar-refractivity contribution in [2.45, 2.75) is 0 Å². The van der Waals surface area contributed by atoms with Crippen molar-refractivity contribution in [3.63, 3.8) is 0 Å². The quantitative estimate of drug-likeness (QED) is 0.514. The van der Waals surface area contributed by atoms with Crippen molar-refractivity contribution >= 4 is 16.4 Å². The first-order valence-corrected chi connectivity index (χ1v) is 4.13. The molecule has 0 atom stereocenters. The third-order valence-corrected chi connectivity index (χ3v) is 2.14. The molecule has 68 valence electrons. The van der Waals surface area contributed by atoms with Crippen molar-refractivity contribution in [2.75, 3.05) is 0 Å². The highest BCUT2D eigenvalue weighted by Crippen LogP contribution is 2.10. The minimum Gasteiger partial charge on any atom is -0.301 e. The number of rotatable bonds is 0. The highest BCUT2D eigenvalue weighted by Gasteiger charge is 2.14. The maximum absolute atomic E-state index is 11.3. The van der Waals surface area contributed by atoms with Crippen molar-refractivity contribution < 1.29 is 9.04 Å². The molecule has 5 nitrogen and oxygen atoms in total. The van der Waals surface area contributed by atoms with Gasteiger partial charge in [-0.15, -0.1) is 0 Å². The summed E-state index contributed by atoms with van der Waals surface area (Å²) >= 11 is 0. The zero-order valence-electron chi connectivity index (χ0n) is 7.10. The topological polar surface area (TPSA) is 63.0 Å². The summed E-state index contributed by atoms with van der Waals surface area (Å²) in [6.07, 6.45) is 1.52. The van der Waals surface area contributed by atoms with E-state index in [0.717, 1.165) is 10.9 Å². The lowest BCUT2D eigenvalue weighted by Crippen LogP contribution is -2.24. The van der Waals surface area contributed by atoms with Crippen molar-refractivity contribution in [1.82, 2.24) is 10.3 Å². The summed E-state index contributed by atoms with van der Waals surface area (Å²) in [7, 11) is 0. The highest BCUT2D eigenvalue weighted by molar-refractivity contribution is 5.89. The normalized spacial score (nSPS) is 11.1. The van der Waals surface area contributed by atoms with Crippen molar-refractivity contribution in [3.05, 3.63) is 41.0 Å². The van der Waals surface area contributed by atoms with E-state index in [1.54, 1.807) is 0 Å². The molecule has 0 bridgehead atoms. The molecule has 0 aliphatic rings. The Morgan fingerprint density at radius 2 is 2.21 bits per heavy atom. The molecule has 0 aliphatic heterocycles. The summed E-state index contributed by atoms with van der Waals surface area (Å²) in [4.78, 5) is 15.5. The smallest absolute Gasteiger partial charge is 0.301 e. The lowest BCUT2D eigenvalue weighted by Gasteiger charge is -1.87. The number of para-hydroxylation sites is 1. The predicted molar refractivity (Wildman–Crippen MR) is 47.8 cm³/mol. The third-order valence-electron chi connectivity index (χ3n) is 2.14. The Hall–Kier alpha value is -2.17. The van der Waals surface area contributed by atoms with Gasteiger partial charge in [-0.25, -0.2) is 4.79 Å². The molecule has 1 aromatic carbocycles. The number of hydrogen-bond acceptors (Lipinski definition) is 3. The Bertz CT molecular complexity index is 668. The lowest BCUT2D eigenvalue weighted by atomic mass is 10.2. The van der Waals surface area contributed by atoms with Gasteiger partial charge in [-0.3, -0.25) is 0 Å². The number of hydrogen-bond donors (Lipinski definition) is 1. The molecule has 14 heavy (non-hydrogen) atoms. The van der Waals surface area contributed by atoms with Gasteiger partial charge in [0.15, 0.2) is 5.52 Å². The first-order valence-electron chi connectivity index (χ1n) is 4.13. The number of fused-ring (bicyclic) bond motifs is 3. The van der Waals surface area contributed by atoms with Crippen LogP contribution in [-0.4, -0.2) is 10.3 Å². The van der Waals surface area contributed by atoms with Crippen molar-refractivity contribution in [3.8, 4) is 0 Å². The summed E-state index contributed by atoms with van der Waals surface area (Å²) in [5.41, 5.74) is 0.874. The van der Waals surface area contributed by atoms with Crippen LogP contribution in [0.2, 0.25) is 0 Å². The van der Waals surface area contributed by atoms with Gasteiger partial charge in [0.1, 0.15) is 0 Å². The summed E-state index contributed by atoms with van der Waals surface area (Å²) in [6, 6.07) is 7.42. The second-order valence-electron chi connectivity index (χ2n) is 2.96. The van der Waals surface area contributed by atoms with Gasteiger partial charge >= 0.3 is 12.0 Å². The van der Waals surface area contributed by atoms with Gasteiger partial charge in [0.25, 0.3) is 5.52 Å². The molecule has 2 aromatic heterocycles.